The minimum Gasteiger partial charge on any atom is -0.493 e. The first-order chi connectivity index (χ1) is 28.8. The maximum Gasteiger partial charge on any atom is 0.339 e. The van der Waals surface area contributed by atoms with Crippen molar-refractivity contribution in [2.45, 2.75) is 86.8 Å². The molecule has 5 heterocycles. The quantitative estimate of drug-likeness (QED) is 0.103. The Morgan fingerprint density at radius 3 is 2.30 bits per heavy atom. The van der Waals surface area contributed by atoms with Crippen molar-refractivity contribution in [1.29, 1.82) is 0 Å². The number of rotatable bonds is 12. The molecule has 0 spiro atoms. The third-order valence-electron chi connectivity index (χ3n) is 10.9. The Kier molecular flexibility index (Phi) is 11.7. The molecule has 3 saturated heterocycles. The van der Waals surface area contributed by atoms with Gasteiger partial charge in [0, 0.05) is 23.4 Å². The van der Waals surface area contributed by atoms with Crippen LogP contribution in [0.25, 0.3) is 21.9 Å². The van der Waals surface area contributed by atoms with E-state index in [4.69, 9.17) is 56.8 Å². The number of methoxy groups -OCH3 is 2. The van der Waals surface area contributed by atoms with E-state index in [0.717, 1.165) is 6.92 Å². The molecule has 5 aliphatic rings. The number of esters is 2. The fourth-order valence-electron chi connectivity index (χ4n) is 7.87. The molecule has 0 aliphatic carbocycles. The number of hydrogen-bond acceptors (Lipinski definition) is 21. The fraction of sp³-hybridized carbons (Fsp3) is 0.538. The predicted octanol–water partition coefficient (Wildman–Crippen LogP) is -1.40. The molecule has 0 saturated carbocycles. The number of cyclic esters (lactones) is 1. The van der Waals surface area contributed by atoms with Gasteiger partial charge in [0.15, 0.2) is 47.3 Å². The largest absolute Gasteiger partial charge is 0.493 e. The van der Waals surface area contributed by atoms with Gasteiger partial charge in [0.25, 0.3) is 0 Å². The molecule has 326 valence electrons. The monoisotopic (exact) mass is 848 g/mol. The predicted molar refractivity (Wildman–Crippen MR) is 195 cm³/mol. The lowest BCUT2D eigenvalue weighted by Crippen LogP contribution is -2.63. The average Bonchev–Trinajstić information content (AvgIpc) is 3.95. The van der Waals surface area contributed by atoms with E-state index in [-0.39, 0.29) is 24.7 Å². The maximum atomic E-state index is 13.6. The van der Waals surface area contributed by atoms with Crippen molar-refractivity contribution in [2.75, 3.05) is 47.4 Å². The zero-order chi connectivity index (χ0) is 42.6. The second-order valence-corrected chi connectivity index (χ2v) is 14.8. The molecule has 0 aromatic heterocycles. The summed E-state index contributed by atoms with van der Waals surface area (Å²) in [6.07, 6.45) is -18.0. The highest BCUT2D eigenvalue weighted by atomic mass is 16.7. The summed E-state index contributed by atoms with van der Waals surface area (Å²) < 4.78 is 68.2. The van der Waals surface area contributed by atoms with Gasteiger partial charge in [-0.1, -0.05) is 6.07 Å². The van der Waals surface area contributed by atoms with Crippen molar-refractivity contribution in [3.8, 4) is 39.9 Å². The molecule has 3 aromatic carbocycles. The van der Waals surface area contributed by atoms with Gasteiger partial charge in [-0.05, 0) is 35.2 Å². The van der Waals surface area contributed by atoms with Crippen LogP contribution in [0.4, 0.5) is 0 Å². The summed E-state index contributed by atoms with van der Waals surface area (Å²) in [5.41, 5.74) is -0.642. The van der Waals surface area contributed by atoms with Gasteiger partial charge in [-0.25, -0.2) is 4.79 Å². The fourth-order valence-corrected chi connectivity index (χ4v) is 7.87. The Morgan fingerprint density at radius 2 is 1.58 bits per heavy atom. The number of carbonyl (C=O) groups is 2. The number of fused-ring (bicyclic) bond motifs is 3. The lowest BCUT2D eigenvalue weighted by Gasteiger charge is -2.44. The van der Waals surface area contributed by atoms with Gasteiger partial charge in [0.05, 0.1) is 46.2 Å². The van der Waals surface area contributed by atoms with Gasteiger partial charge < -0.3 is 92.6 Å². The van der Waals surface area contributed by atoms with Crippen LogP contribution in [0, 0.1) is 0 Å². The first kappa shape index (κ1) is 42.1. The third-order valence-corrected chi connectivity index (χ3v) is 10.9. The summed E-state index contributed by atoms with van der Waals surface area (Å²) >= 11 is 0. The molecule has 3 fully saturated rings. The van der Waals surface area contributed by atoms with Gasteiger partial charge in [-0.3, -0.25) is 4.79 Å². The van der Waals surface area contributed by atoms with Crippen LogP contribution in [0.15, 0.2) is 30.3 Å². The number of aliphatic hydroxyl groups is 7. The Bertz CT molecular complexity index is 2110. The molecule has 5 aliphatic heterocycles. The summed E-state index contributed by atoms with van der Waals surface area (Å²) in [5.74, 6) is 0.208. The van der Waals surface area contributed by atoms with Crippen molar-refractivity contribution < 1.29 is 102 Å². The first-order valence-electron chi connectivity index (χ1n) is 18.8. The topological polar surface area (TPSA) is 287 Å². The highest BCUT2D eigenvalue weighted by Crippen LogP contribution is 2.50. The number of aliphatic hydroxyl groups excluding tert-OH is 6. The van der Waals surface area contributed by atoms with E-state index in [1.807, 2.05) is 0 Å². The molecular weight excluding hydrogens is 804 g/mol. The molecule has 0 bridgehead atoms. The number of ether oxygens (including phenoxy) is 12. The number of benzene rings is 3. The lowest BCUT2D eigenvalue weighted by molar-refractivity contribution is -0.351. The van der Waals surface area contributed by atoms with E-state index >= 15 is 0 Å². The van der Waals surface area contributed by atoms with E-state index in [0.29, 0.717) is 50.5 Å². The van der Waals surface area contributed by atoms with Crippen molar-refractivity contribution in [1.82, 2.24) is 0 Å². The van der Waals surface area contributed by atoms with E-state index in [1.165, 1.54) is 14.2 Å². The maximum absolute atomic E-state index is 13.6. The minimum atomic E-state index is -2.16. The van der Waals surface area contributed by atoms with E-state index in [9.17, 15) is 45.3 Å². The molecule has 0 amide bonds. The van der Waals surface area contributed by atoms with Crippen LogP contribution in [-0.2, 0) is 44.6 Å². The van der Waals surface area contributed by atoms with Crippen LogP contribution in [0.5, 0.6) is 28.7 Å². The summed E-state index contributed by atoms with van der Waals surface area (Å²) in [4.78, 5) is 26.1. The minimum absolute atomic E-state index is 0.0254. The van der Waals surface area contributed by atoms with E-state index < -0.39 is 112 Å². The number of carbonyl (C=O) groups excluding carboxylic acids is 2. The van der Waals surface area contributed by atoms with Crippen molar-refractivity contribution in [2.24, 2.45) is 0 Å². The second-order valence-electron chi connectivity index (χ2n) is 14.8. The molecule has 12 atom stereocenters. The van der Waals surface area contributed by atoms with Crippen molar-refractivity contribution in [3.63, 3.8) is 0 Å². The Labute approximate surface area is 340 Å². The van der Waals surface area contributed by atoms with Crippen LogP contribution in [0.2, 0.25) is 0 Å². The van der Waals surface area contributed by atoms with Crippen LogP contribution in [0.3, 0.4) is 0 Å². The van der Waals surface area contributed by atoms with Gasteiger partial charge in [-0.2, -0.15) is 0 Å². The zero-order valence-corrected chi connectivity index (χ0v) is 32.3. The smallest absolute Gasteiger partial charge is 0.339 e. The van der Waals surface area contributed by atoms with Crippen LogP contribution in [0.1, 0.15) is 22.8 Å². The average molecular weight is 849 g/mol. The summed E-state index contributed by atoms with van der Waals surface area (Å²) in [6, 6.07) is 8.51. The molecule has 0 radical (unpaired) electrons. The Balaban J connectivity index is 1.08. The molecule has 8 rings (SSSR count). The molecular formula is C39H44O21. The van der Waals surface area contributed by atoms with Gasteiger partial charge in [0.2, 0.25) is 13.1 Å². The molecule has 0 unspecified atom stereocenters. The van der Waals surface area contributed by atoms with E-state index in [1.54, 1.807) is 30.3 Å². The van der Waals surface area contributed by atoms with Crippen LogP contribution >= 0.6 is 0 Å². The van der Waals surface area contributed by atoms with Gasteiger partial charge in [0.1, 0.15) is 55.1 Å². The van der Waals surface area contributed by atoms with Crippen molar-refractivity contribution in [3.05, 3.63) is 41.5 Å². The highest BCUT2D eigenvalue weighted by Gasteiger charge is 2.55. The SMILES string of the molecule is COc1cc2c(O[C@H]3OC[C@@](O)(CO[C@H]4OC[C@H](O)[C@@H](O[C@@H]5O[C@H](CO)[C@@H](O)[C@H](O)[C@H]5O)[C@@H]4O)[C@@H]3OC(C)=O)c3c(c(-c4ccc5c(c4)OCO5)c2cc1OC)C(=O)OC3. The highest BCUT2D eigenvalue weighted by molar-refractivity contribution is 6.14. The zero-order valence-electron chi connectivity index (χ0n) is 32.3. The van der Waals surface area contributed by atoms with E-state index in [2.05, 4.69) is 0 Å². The van der Waals surface area contributed by atoms with Crippen LogP contribution < -0.4 is 23.7 Å². The third kappa shape index (κ3) is 7.43. The Hall–Kier alpha value is -4.62. The standard InChI is InChI=1S/C39H44O21/c1-15(41)57-34-38(54-13-39(34,48)12-53-36-31(46)33(20(42)11-52-36)60-37-30(45)29(44)28(43)25(9-40)58-37)59-32-18-8-23(50-3)22(49-2)7-17(18)26(27-19(32)10-51-35(27)47)16-4-5-21-24(6-16)56-14-55-21/h4-8,20,25,28-31,33-34,36-38,40,42-46,48H,9-14H2,1-3H3/t20-,25+,28+,29-,30+,31-,33+,34+,36+,37-,38+,39-/m0/s1. The van der Waals surface area contributed by atoms with Gasteiger partial charge >= 0.3 is 11.9 Å². The van der Waals surface area contributed by atoms with Gasteiger partial charge in [-0.15, -0.1) is 0 Å². The van der Waals surface area contributed by atoms with Crippen LogP contribution in [-0.4, -0.2) is 168 Å². The number of hydrogen-bond donors (Lipinski definition) is 7. The summed E-state index contributed by atoms with van der Waals surface area (Å²) in [7, 11) is 2.89. The normalized spacial score (nSPS) is 33.4. The summed E-state index contributed by atoms with van der Waals surface area (Å²) in [6.45, 7) is -1.59. The second kappa shape index (κ2) is 16.7. The molecule has 3 aromatic rings. The summed E-state index contributed by atoms with van der Waals surface area (Å²) in [5, 5.41) is 75.0. The lowest BCUT2D eigenvalue weighted by atomic mass is 9.89. The first-order valence-corrected chi connectivity index (χ1v) is 18.8. The molecule has 21 heteroatoms. The molecule has 60 heavy (non-hydrogen) atoms. The molecule has 21 nitrogen and oxygen atoms in total. The van der Waals surface area contributed by atoms with Crippen molar-refractivity contribution >= 4 is 22.7 Å². The molecule has 7 N–H and O–H groups in total. The Morgan fingerprint density at radius 1 is 0.850 bits per heavy atom.